The number of nitrogens with zero attached hydrogens (tertiary/aromatic N) is 3. The number of carbonyl (C=O) groups excluding carboxylic acids is 1. The van der Waals surface area contributed by atoms with Gasteiger partial charge >= 0.3 is 0 Å². The molecule has 2 aromatic rings. The number of rotatable bonds is 3. The highest BCUT2D eigenvalue weighted by Gasteiger charge is 2.12. The fraction of sp³-hybridized carbons (Fsp3) is 0.364. The van der Waals surface area contributed by atoms with Crippen molar-refractivity contribution in [1.82, 2.24) is 20.0 Å². The number of carbonyl (C=O) groups is 1. The Bertz CT molecular complexity index is 582. The van der Waals surface area contributed by atoms with E-state index < -0.39 is 0 Å². The molecule has 0 bridgehead atoms. The summed E-state index contributed by atoms with van der Waals surface area (Å²) >= 11 is 0. The summed E-state index contributed by atoms with van der Waals surface area (Å²) in [6, 6.07) is 1.76. The number of nitrogens with two attached hydrogens (primary N) is 1. The fourth-order valence-electron chi connectivity index (χ4n) is 1.67. The summed E-state index contributed by atoms with van der Waals surface area (Å²) in [6.07, 6.45) is 0. The van der Waals surface area contributed by atoms with E-state index in [-0.39, 0.29) is 12.5 Å². The van der Waals surface area contributed by atoms with Crippen molar-refractivity contribution in [3.05, 3.63) is 23.1 Å². The molecule has 0 aliphatic carbocycles. The number of aryl methyl sites for hydroxylation is 2. The zero-order valence-corrected chi connectivity index (χ0v) is 10.6. The van der Waals surface area contributed by atoms with Crippen molar-refractivity contribution < 1.29 is 4.79 Å². The van der Waals surface area contributed by atoms with Crippen molar-refractivity contribution in [1.29, 1.82) is 0 Å². The number of aromatic amines is 1. The highest BCUT2D eigenvalue weighted by Crippen LogP contribution is 2.14. The minimum atomic E-state index is -0.188. The topological polar surface area (TPSA) is 102 Å². The molecule has 96 valence electrons. The van der Waals surface area contributed by atoms with Gasteiger partial charge in [0.25, 0.3) is 0 Å². The van der Waals surface area contributed by atoms with E-state index in [1.165, 1.54) is 0 Å². The Balaban J connectivity index is 2.05. The van der Waals surface area contributed by atoms with Gasteiger partial charge in [0.05, 0.1) is 17.1 Å². The van der Waals surface area contributed by atoms with Gasteiger partial charge in [0.15, 0.2) is 5.82 Å². The molecule has 0 saturated carbocycles. The van der Waals surface area contributed by atoms with Crippen LogP contribution in [0.15, 0.2) is 6.07 Å². The first-order valence-electron chi connectivity index (χ1n) is 5.58. The van der Waals surface area contributed by atoms with Crippen LogP contribution in [-0.2, 0) is 11.3 Å². The second kappa shape index (κ2) is 4.52. The Kier molecular flexibility index (Phi) is 3.05. The summed E-state index contributed by atoms with van der Waals surface area (Å²) in [5.41, 5.74) is 8.84. The van der Waals surface area contributed by atoms with E-state index in [1.54, 1.807) is 10.7 Å². The molecule has 0 fully saturated rings. The molecule has 2 aromatic heterocycles. The summed E-state index contributed by atoms with van der Waals surface area (Å²) in [5, 5.41) is 13.6. The molecule has 1 amide bonds. The minimum Gasteiger partial charge on any atom is -0.396 e. The smallest absolute Gasteiger partial charge is 0.247 e. The van der Waals surface area contributed by atoms with Crippen molar-refractivity contribution in [2.24, 2.45) is 0 Å². The number of H-pyrrole nitrogens is 1. The van der Waals surface area contributed by atoms with Crippen molar-refractivity contribution in [2.75, 3.05) is 11.1 Å². The third-order valence-corrected chi connectivity index (χ3v) is 2.70. The average molecular weight is 248 g/mol. The van der Waals surface area contributed by atoms with Crippen molar-refractivity contribution in [3.8, 4) is 0 Å². The highest BCUT2D eigenvalue weighted by atomic mass is 16.2. The monoisotopic (exact) mass is 248 g/mol. The van der Waals surface area contributed by atoms with Crippen LogP contribution in [0.1, 0.15) is 17.1 Å². The Labute approximate surface area is 104 Å². The summed E-state index contributed by atoms with van der Waals surface area (Å²) < 4.78 is 1.58. The number of nitrogen functional groups attached to an aromatic ring is 1. The Morgan fingerprint density at radius 2 is 2.22 bits per heavy atom. The van der Waals surface area contributed by atoms with E-state index in [0.717, 1.165) is 17.1 Å². The van der Waals surface area contributed by atoms with Crippen LogP contribution in [0.2, 0.25) is 0 Å². The number of hydrogen-bond donors (Lipinski definition) is 3. The van der Waals surface area contributed by atoms with Crippen molar-refractivity contribution in [3.63, 3.8) is 0 Å². The first-order chi connectivity index (χ1) is 8.47. The zero-order chi connectivity index (χ0) is 13.3. The van der Waals surface area contributed by atoms with E-state index in [4.69, 9.17) is 5.73 Å². The molecule has 2 rings (SSSR count). The van der Waals surface area contributed by atoms with Crippen LogP contribution in [0.5, 0.6) is 0 Å². The molecule has 4 N–H and O–H groups in total. The molecule has 18 heavy (non-hydrogen) atoms. The van der Waals surface area contributed by atoms with Gasteiger partial charge in [0, 0.05) is 11.8 Å². The Morgan fingerprint density at radius 1 is 1.50 bits per heavy atom. The third kappa shape index (κ3) is 2.34. The third-order valence-electron chi connectivity index (χ3n) is 2.70. The maximum absolute atomic E-state index is 11.8. The maximum atomic E-state index is 11.8. The summed E-state index contributed by atoms with van der Waals surface area (Å²) in [4.78, 5) is 11.8. The van der Waals surface area contributed by atoms with E-state index in [0.29, 0.717) is 11.5 Å². The summed E-state index contributed by atoms with van der Waals surface area (Å²) in [5.74, 6) is 0.319. The molecule has 0 aromatic carbocycles. The molecule has 0 aliphatic heterocycles. The quantitative estimate of drug-likeness (QED) is 0.746. The van der Waals surface area contributed by atoms with Crippen LogP contribution in [-0.4, -0.2) is 25.9 Å². The molecule has 7 nitrogen and oxygen atoms in total. The van der Waals surface area contributed by atoms with Gasteiger partial charge in [-0.3, -0.25) is 14.6 Å². The number of amides is 1. The molecule has 0 saturated heterocycles. The van der Waals surface area contributed by atoms with Crippen LogP contribution in [0.3, 0.4) is 0 Å². The number of anilines is 2. The van der Waals surface area contributed by atoms with Gasteiger partial charge in [-0.2, -0.15) is 10.2 Å². The molecule has 0 unspecified atom stereocenters. The SMILES string of the molecule is Cc1cc(NC(=O)Cn2nc(C)c(N)c2C)n[nH]1. The molecule has 0 spiro atoms. The first kappa shape index (κ1) is 12.2. The van der Waals surface area contributed by atoms with E-state index in [9.17, 15) is 4.79 Å². The number of hydrogen-bond acceptors (Lipinski definition) is 4. The number of nitrogens with one attached hydrogen (secondary N) is 2. The molecule has 2 heterocycles. The van der Waals surface area contributed by atoms with Crippen molar-refractivity contribution in [2.45, 2.75) is 27.3 Å². The van der Waals surface area contributed by atoms with E-state index in [2.05, 4.69) is 20.6 Å². The standard InChI is InChI=1S/C11H16N6O/c1-6-4-9(15-14-6)13-10(18)5-17-8(3)11(12)7(2)16-17/h4H,5,12H2,1-3H3,(H2,13,14,15,18). The summed E-state index contributed by atoms with van der Waals surface area (Å²) in [6.45, 7) is 5.63. The minimum absolute atomic E-state index is 0.121. The van der Waals surface area contributed by atoms with Gasteiger partial charge in [-0.1, -0.05) is 0 Å². The maximum Gasteiger partial charge on any atom is 0.247 e. The lowest BCUT2D eigenvalue weighted by atomic mass is 10.3. The first-order valence-corrected chi connectivity index (χ1v) is 5.58. The summed E-state index contributed by atoms with van der Waals surface area (Å²) in [7, 11) is 0. The molecular weight excluding hydrogens is 232 g/mol. The van der Waals surface area contributed by atoms with Crippen LogP contribution < -0.4 is 11.1 Å². The lowest BCUT2D eigenvalue weighted by Gasteiger charge is -2.04. The van der Waals surface area contributed by atoms with Crippen LogP contribution in [0.25, 0.3) is 0 Å². The largest absolute Gasteiger partial charge is 0.396 e. The zero-order valence-electron chi connectivity index (χ0n) is 10.6. The van der Waals surface area contributed by atoms with Crippen LogP contribution >= 0.6 is 0 Å². The second-order valence-corrected chi connectivity index (χ2v) is 4.23. The molecule has 0 aliphatic rings. The second-order valence-electron chi connectivity index (χ2n) is 4.23. The average Bonchev–Trinajstić information content (AvgIpc) is 2.80. The number of aromatic nitrogens is 4. The predicted molar refractivity (Wildman–Crippen MR) is 68.1 cm³/mol. The molecule has 0 radical (unpaired) electrons. The van der Waals surface area contributed by atoms with E-state index in [1.807, 2.05) is 20.8 Å². The van der Waals surface area contributed by atoms with Gasteiger partial charge in [0.1, 0.15) is 6.54 Å². The van der Waals surface area contributed by atoms with E-state index >= 15 is 0 Å². The normalized spacial score (nSPS) is 10.6. The molecule has 0 atom stereocenters. The Hall–Kier alpha value is -2.31. The molecule has 7 heteroatoms. The van der Waals surface area contributed by atoms with Gasteiger partial charge in [-0.05, 0) is 20.8 Å². The fourth-order valence-corrected chi connectivity index (χ4v) is 1.67. The van der Waals surface area contributed by atoms with Gasteiger partial charge in [0.2, 0.25) is 5.91 Å². The molecular formula is C11H16N6O. The Morgan fingerprint density at radius 3 is 2.72 bits per heavy atom. The van der Waals surface area contributed by atoms with Gasteiger partial charge in [-0.25, -0.2) is 0 Å². The highest BCUT2D eigenvalue weighted by molar-refractivity contribution is 5.89. The lowest BCUT2D eigenvalue weighted by Crippen LogP contribution is -2.20. The van der Waals surface area contributed by atoms with Crippen molar-refractivity contribution >= 4 is 17.4 Å². The predicted octanol–water partition coefficient (Wildman–Crippen LogP) is 0.752. The van der Waals surface area contributed by atoms with Crippen LogP contribution in [0.4, 0.5) is 11.5 Å². The lowest BCUT2D eigenvalue weighted by molar-refractivity contribution is -0.117. The van der Waals surface area contributed by atoms with Gasteiger partial charge in [-0.15, -0.1) is 0 Å². The van der Waals surface area contributed by atoms with Crippen LogP contribution in [0, 0.1) is 20.8 Å². The van der Waals surface area contributed by atoms with Gasteiger partial charge < -0.3 is 11.1 Å².